The quantitative estimate of drug-likeness (QED) is 0.328. The zero-order valence-corrected chi connectivity index (χ0v) is 24.4. The summed E-state index contributed by atoms with van der Waals surface area (Å²) in [6.45, 7) is 11.2. The van der Waals surface area contributed by atoms with Crippen molar-refractivity contribution in [1.29, 1.82) is 0 Å². The minimum Gasteiger partial charge on any atom is -0.447 e. The third kappa shape index (κ3) is 7.81. The summed E-state index contributed by atoms with van der Waals surface area (Å²) in [5.74, 6) is 0.331. The van der Waals surface area contributed by atoms with Gasteiger partial charge in [0.2, 0.25) is 0 Å². The normalized spacial score (nSPS) is 18.1. The second kappa shape index (κ2) is 12.9. The van der Waals surface area contributed by atoms with Gasteiger partial charge in [-0.3, -0.25) is 5.32 Å². The van der Waals surface area contributed by atoms with Crippen molar-refractivity contribution in [3.05, 3.63) is 29.4 Å². The predicted octanol–water partition coefficient (Wildman–Crippen LogP) is 6.96. The number of alkyl carbamates (subject to hydrolysis) is 1. The highest BCUT2D eigenvalue weighted by Gasteiger charge is 2.29. The lowest BCUT2D eigenvalue weighted by Gasteiger charge is -2.28. The Bertz CT molecular complexity index is 1120. The van der Waals surface area contributed by atoms with Gasteiger partial charge in [-0.05, 0) is 65.5 Å². The van der Waals surface area contributed by atoms with Gasteiger partial charge in [0.15, 0.2) is 0 Å². The van der Waals surface area contributed by atoms with Crippen LogP contribution in [0.4, 0.5) is 15.3 Å². The van der Waals surface area contributed by atoms with E-state index in [2.05, 4.69) is 10.6 Å². The number of nitrogens with zero attached hydrogens (tertiary/aromatic N) is 1. The number of hydrogen-bond acceptors (Lipinski definition) is 7. The van der Waals surface area contributed by atoms with Crippen LogP contribution in [0, 0.1) is 0 Å². The first kappa shape index (κ1) is 29.2. The monoisotopic (exact) mass is 549 g/mol. The zero-order chi connectivity index (χ0) is 27.2. The van der Waals surface area contributed by atoms with E-state index in [-0.39, 0.29) is 24.3 Å². The van der Waals surface area contributed by atoms with E-state index in [4.69, 9.17) is 14.5 Å². The molecule has 1 aliphatic carbocycles. The lowest BCUT2D eigenvalue weighted by atomic mass is 9.86. The Morgan fingerprint density at radius 2 is 1.65 bits per heavy atom. The van der Waals surface area contributed by atoms with Gasteiger partial charge in [0.25, 0.3) is 0 Å². The van der Waals surface area contributed by atoms with Crippen molar-refractivity contribution in [3.63, 3.8) is 0 Å². The highest BCUT2D eigenvalue weighted by Crippen LogP contribution is 2.48. The Balaban J connectivity index is 1.78. The van der Waals surface area contributed by atoms with E-state index in [1.54, 1.807) is 25.2 Å². The van der Waals surface area contributed by atoms with Crippen molar-refractivity contribution in [2.75, 3.05) is 17.6 Å². The molecule has 0 atom stereocenters. The highest BCUT2D eigenvalue weighted by molar-refractivity contribution is 7.71. The SMILES string of the molecule is CCP(=O)(CC)c1cc(NC(=O)OC(C)C)ccc1-c1cnc([C@H]2CC[C@H](NC(=O)OC(C)C)CC2)s1. The summed E-state index contributed by atoms with van der Waals surface area (Å²) in [4.78, 5) is 29.8. The maximum Gasteiger partial charge on any atom is 0.411 e. The maximum atomic E-state index is 13.9. The smallest absolute Gasteiger partial charge is 0.411 e. The van der Waals surface area contributed by atoms with E-state index in [0.717, 1.165) is 46.4 Å². The molecule has 0 spiro atoms. The topological polar surface area (TPSA) is 107 Å². The average Bonchev–Trinajstić information content (AvgIpc) is 3.33. The second-order valence-electron chi connectivity index (χ2n) is 10.0. The van der Waals surface area contributed by atoms with E-state index in [1.165, 1.54) is 0 Å². The summed E-state index contributed by atoms with van der Waals surface area (Å²) in [7, 11) is -2.65. The van der Waals surface area contributed by atoms with Gasteiger partial charge < -0.3 is 19.4 Å². The van der Waals surface area contributed by atoms with Gasteiger partial charge in [0.05, 0.1) is 22.1 Å². The van der Waals surface area contributed by atoms with E-state index < -0.39 is 13.2 Å². The number of hydrogen-bond donors (Lipinski definition) is 2. The summed E-state index contributed by atoms with van der Waals surface area (Å²) in [6, 6.07) is 5.70. The Hall–Kier alpha value is -2.38. The molecule has 8 nitrogen and oxygen atoms in total. The minimum absolute atomic E-state index is 0.121. The van der Waals surface area contributed by atoms with Crippen molar-refractivity contribution in [2.24, 2.45) is 0 Å². The molecule has 204 valence electrons. The number of rotatable bonds is 9. The Morgan fingerprint density at radius 3 is 2.24 bits per heavy atom. The molecule has 1 heterocycles. The molecule has 37 heavy (non-hydrogen) atoms. The molecule has 1 aromatic carbocycles. The number of aromatic nitrogens is 1. The second-order valence-corrected chi connectivity index (χ2v) is 14.6. The van der Waals surface area contributed by atoms with Gasteiger partial charge in [0.1, 0.15) is 7.14 Å². The molecule has 1 aromatic heterocycles. The summed E-state index contributed by atoms with van der Waals surface area (Å²) in [6.07, 6.45) is 5.35. The van der Waals surface area contributed by atoms with Crippen molar-refractivity contribution in [3.8, 4) is 10.4 Å². The number of anilines is 1. The van der Waals surface area contributed by atoms with Crippen LogP contribution < -0.4 is 15.9 Å². The zero-order valence-electron chi connectivity index (χ0n) is 22.7. The van der Waals surface area contributed by atoms with Crippen LogP contribution in [0.5, 0.6) is 0 Å². The van der Waals surface area contributed by atoms with Gasteiger partial charge in [-0.2, -0.15) is 0 Å². The Labute approximate surface area is 224 Å². The predicted molar refractivity (Wildman–Crippen MR) is 151 cm³/mol. The average molecular weight is 550 g/mol. The molecule has 0 radical (unpaired) electrons. The molecule has 1 aliphatic rings. The van der Waals surface area contributed by atoms with Crippen molar-refractivity contribution in [2.45, 2.75) is 91.4 Å². The van der Waals surface area contributed by atoms with Gasteiger partial charge >= 0.3 is 12.2 Å². The number of ether oxygens (including phenoxy) is 2. The minimum atomic E-state index is -2.65. The number of benzene rings is 1. The van der Waals surface area contributed by atoms with Crippen LogP contribution in [0.2, 0.25) is 0 Å². The third-order valence-electron chi connectivity index (χ3n) is 6.58. The standard InChI is InChI=1S/C27H40N3O5PS/c1-7-36(33,8-2)23-15-21(30-27(32)35-18(5)6)13-14-22(23)24-16-28-25(37-24)19-9-11-20(12-10-19)29-26(31)34-17(3)4/h13-20H,7-12H2,1-6H3,(H,29,31)(H,30,32)/t19-,20-. The van der Waals surface area contributed by atoms with Gasteiger partial charge in [-0.15, -0.1) is 11.3 Å². The Morgan fingerprint density at radius 1 is 1.03 bits per heavy atom. The van der Waals surface area contributed by atoms with Crippen molar-refractivity contribution in [1.82, 2.24) is 10.3 Å². The molecule has 2 aromatic rings. The summed E-state index contributed by atoms with van der Waals surface area (Å²) in [5.41, 5.74) is 1.48. The first-order valence-electron chi connectivity index (χ1n) is 13.2. The number of nitrogens with one attached hydrogen (secondary N) is 2. The molecule has 0 saturated heterocycles. The lowest BCUT2D eigenvalue weighted by molar-refractivity contribution is 0.109. The Kier molecular flexibility index (Phi) is 10.2. The van der Waals surface area contributed by atoms with Crippen LogP contribution in [0.1, 0.15) is 78.2 Å². The summed E-state index contributed by atoms with van der Waals surface area (Å²) >= 11 is 1.64. The molecule has 0 unspecified atom stereocenters. The molecule has 0 aliphatic heterocycles. The van der Waals surface area contributed by atoms with Crippen molar-refractivity contribution >= 4 is 41.7 Å². The number of carbonyl (C=O) groups excluding carboxylic acids is 2. The van der Waals surface area contributed by atoms with E-state index in [1.807, 2.05) is 52.1 Å². The van der Waals surface area contributed by atoms with E-state index in [0.29, 0.717) is 23.9 Å². The van der Waals surface area contributed by atoms with Crippen LogP contribution in [-0.2, 0) is 14.0 Å². The fourth-order valence-electron chi connectivity index (χ4n) is 4.58. The van der Waals surface area contributed by atoms with Crippen LogP contribution in [0.3, 0.4) is 0 Å². The lowest BCUT2D eigenvalue weighted by Crippen LogP contribution is -2.38. The van der Waals surface area contributed by atoms with E-state index in [9.17, 15) is 14.2 Å². The third-order valence-corrected chi connectivity index (χ3v) is 11.1. The fourth-order valence-corrected chi connectivity index (χ4v) is 7.92. The molecular formula is C27H40N3O5PS. The van der Waals surface area contributed by atoms with Gasteiger partial charge in [0, 0.05) is 47.0 Å². The molecule has 1 saturated carbocycles. The van der Waals surface area contributed by atoms with E-state index >= 15 is 0 Å². The first-order valence-corrected chi connectivity index (χ1v) is 16.1. The van der Waals surface area contributed by atoms with Crippen LogP contribution in [-0.4, -0.2) is 47.7 Å². The van der Waals surface area contributed by atoms with Crippen molar-refractivity contribution < 1.29 is 23.6 Å². The largest absolute Gasteiger partial charge is 0.447 e. The van der Waals surface area contributed by atoms with Crippen LogP contribution in [0.15, 0.2) is 24.4 Å². The molecule has 10 heteroatoms. The fraction of sp³-hybridized carbons (Fsp3) is 0.593. The number of thiazole rings is 1. The number of carbonyl (C=O) groups is 2. The number of amides is 2. The van der Waals surface area contributed by atoms with Gasteiger partial charge in [-0.25, -0.2) is 14.6 Å². The summed E-state index contributed by atoms with van der Waals surface area (Å²) < 4.78 is 24.3. The highest BCUT2D eigenvalue weighted by atomic mass is 32.1. The molecule has 1 fully saturated rings. The molecule has 2 amide bonds. The van der Waals surface area contributed by atoms with Crippen LogP contribution >= 0.6 is 18.5 Å². The summed E-state index contributed by atoms with van der Waals surface area (Å²) in [5, 5.41) is 7.57. The molecule has 0 bridgehead atoms. The van der Waals surface area contributed by atoms with Crippen LogP contribution in [0.25, 0.3) is 10.4 Å². The maximum absolute atomic E-state index is 13.9. The molecular weight excluding hydrogens is 509 g/mol. The molecule has 3 rings (SSSR count). The van der Waals surface area contributed by atoms with Gasteiger partial charge in [-0.1, -0.05) is 19.9 Å². The first-order chi connectivity index (χ1) is 17.5. The molecule has 2 N–H and O–H groups in total.